The van der Waals surface area contributed by atoms with Crippen molar-refractivity contribution in [3.63, 3.8) is 0 Å². The second-order valence-corrected chi connectivity index (χ2v) is 6.83. The average molecular weight is 297 g/mol. The first-order valence-corrected chi connectivity index (χ1v) is 7.98. The van der Waals surface area contributed by atoms with Gasteiger partial charge in [0.2, 0.25) is 0 Å². The Hall–Kier alpha value is -1.26. The number of rotatable bonds is 4. The van der Waals surface area contributed by atoms with E-state index in [-0.39, 0.29) is 11.9 Å². The number of carbonyl (C=O) groups excluding carboxylic acids is 1. The summed E-state index contributed by atoms with van der Waals surface area (Å²) >= 11 is 0. The monoisotopic (exact) mass is 297 g/mol. The third kappa shape index (κ3) is 6.36. The van der Waals surface area contributed by atoms with Gasteiger partial charge in [0, 0.05) is 26.2 Å². The normalized spacial score (nSPS) is 17.8. The van der Waals surface area contributed by atoms with Crippen molar-refractivity contribution >= 4 is 11.9 Å². The number of nitrogens with zero attached hydrogens (tertiary/aromatic N) is 2. The first kappa shape index (κ1) is 17.8. The summed E-state index contributed by atoms with van der Waals surface area (Å²) in [6, 6.07) is 0. The Bertz CT molecular complexity index is 353. The highest BCUT2D eigenvalue weighted by molar-refractivity contribution is 5.80. The molecule has 0 spiro atoms. The van der Waals surface area contributed by atoms with E-state index in [1.807, 2.05) is 0 Å². The van der Waals surface area contributed by atoms with Crippen LogP contribution in [0.3, 0.4) is 0 Å². The molecule has 1 N–H and O–H groups in total. The third-order valence-corrected chi connectivity index (χ3v) is 3.79. The topological polar surface area (TPSA) is 53.9 Å². The lowest BCUT2D eigenvalue weighted by Crippen LogP contribution is -2.46. The van der Waals surface area contributed by atoms with E-state index in [1.54, 1.807) is 0 Å². The van der Waals surface area contributed by atoms with Crippen LogP contribution < -0.4 is 5.32 Å². The summed E-state index contributed by atoms with van der Waals surface area (Å²) in [4.78, 5) is 18.5. The van der Waals surface area contributed by atoms with Crippen LogP contribution in [-0.4, -0.2) is 50.1 Å². The Kier molecular flexibility index (Phi) is 6.99. The van der Waals surface area contributed by atoms with Gasteiger partial charge in [0.25, 0.3) is 0 Å². The highest BCUT2D eigenvalue weighted by Gasteiger charge is 2.26. The number of hydrogen-bond acceptors (Lipinski definition) is 3. The molecule has 0 aliphatic carbocycles. The van der Waals surface area contributed by atoms with Crippen LogP contribution >= 0.6 is 0 Å². The van der Waals surface area contributed by atoms with Crippen LogP contribution in [0.15, 0.2) is 4.99 Å². The molecule has 0 aromatic heterocycles. The summed E-state index contributed by atoms with van der Waals surface area (Å²) in [5, 5.41) is 3.36. The van der Waals surface area contributed by atoms with E-state index < -0.39 is 0 Å². The number of likely N-dealkylation sites (tertiary alicyclic amines) is 1. The molecule has 1 aliphatic rings. The first-order valence-electron chi connectivity index (χ1n) is 7.98. The van der Waals surface area contributed by atoms with Crippen LogP contribution in [0.4, 0.5) is 0 Å². The lowest BCUT2D eigenvalue weighted by atomic mass is 9.92. The molecule has 0 saturated carbocycles. The number of guanidine groups is 1. The molecule has 0 aromatic rings. The van der Waals surface area contributed by atoms with Crippen LogP contribution in [0.5, 0.6) is 0 Å². The molecule has 0 bridgehead atoms. The molecule has 1 aliphatic heterocycles. The van der Waals surface area contributed by atoms with E-state index in [9.17, 15) is 4.79 Å². The number of aliphatic imine (C=N–C) groups is 1. The zero-order valence-corrected chi connectivity index (χ0v) is 14.2. The fraction of sp³-hybridized carbons (Fsp3) is 0.875. The predicted molar refractivity (Wildman–Crippen MR) is 86.4 cm³/mol. The van der Waals surface area contributed by atoms with Crippen molar-refractivity contribution in [2.45, 2.75) is 47.0 Å². The molecule has 0 unspecified atom stereocenters. The van der Waals surface area contributed by atoms with Gasteiger partial charge in [-0.1, -0.05) is 20.8 Å². The Morgan fingerprint density at radius 1 is 1.33 bits per heavy atom. The van der Waals surface area contributed by atoms with Gasteiger partial charge in [0.15, 0.2) is 5.96 Å². The molecule has 0 atom stereocenters. The molecular weight excluding hydrogens is 266 g/mol. The molecule has 1 fully saturated rings. The molecule has 122 valence electrons. The predicted octanol–water partition coefficient (Wildman–Crippen LogP) is 2.27. The Labute approximate surface area is 129 Å². The summed E-state index contributed by atoms with van der Waals surface area (Å²) in [6.07, 6.45) is 2.76. The smallest absolute Gasteiger partial charge is 0.308 e. The fourth-order valence-corrected chi connectivity index (χ4v) is 2.42. The van der Waals surface area contributed by atoms with E-state index in [0.717, 1.165) is 51.4 Å². The summed E-state index contributed by atoms with van der Waals surface area (Å²) in [5.41, 5.74) is 0.304. The summed E-state index contributed by atoms with van der Waals surface area (Å²) in [6.45, 7) is 12.2. The number of piperidine rings is 1. The van der Waals surface area contributed by atoms with Gasteiger partial charge in [0.05, 0.1) is 13.0 Å². The maximum Gasteiger partial charge on any atom is 0.308 e. The molecule has 0 amide bonds. The van der Waals surface area contributed by atoms with Gasteiger partial charge in [-0.2, -0.15) is 0 Å². The number of esters is 1. The third-order valence-electron chi connectivity index (χ3n) is 3.79. The molecule has 1 rings (SSSR count). The van der Waals surface area contributed by atoms with E-state index in [1.165, 1.54) is 7.11 Å². The number of hydrogen-bond donors (Lipinski definition) is 1. The minimum absolute atomic E-state index is 0.0451. The largest absolute Gasteiger partial charge is 0.469 e. The van der Waals surface area contributed by atoms with Gasteiger partial charge < -0.3 is 15.0 Å². The molecule has 0 aromatic carbocycles. The number of methoxy groups -OCH3 is 1. The lowest BCUT2D eigenvalue weighted by molar-refractivity contribution is -0.146. The fourth-order valence-electron chi connectivity index (χ4n) is 2.42. The van der Waals surface area contributed by atoms with E-state index in [2.05, 4.69) is 37.9 Å². The SMILES string of the molecule is CCNC(=NCCC(C)(C)C)N1CCC(C(=O)OC)CC1. The molecule has 0 radical (unpaired) electrons. The zero-order valence-electron chi connectivity index (χ0n) is 14.2. The van der Waals surface area contributed by atoms with Gasteiger partial charge >= 0.3 is 5.97 Å². The van der Waals surface area contributed by atoms with Crippen molar-refractivity contribution < 1.29 is 9.53 Å². The van der Waals surface area contributed by atoms with Crippen molar-refractivity contribution in [2.24, 2.45) is 16.3 Å². The second-order valence-electron chi connectivity index (χ2n) is 6.83. The number of carbonyl (C=O) groups is 1. The summed E-state index contributed by atoms with van der Waals surface area (Å²) < 4.78 is 4.83. The second kappa shape index (κ2) is 8.25. The van der Waals surface area contributed by atoms with Crippen LogP contribution in [0.1, 0.15) is 47.0 Å². The average Bonchev–Trinajstić information content (AvgIpc) is 2.44. The van der Waals surface area contributed by atoms with Gasteiger partial charge in [-0.15, -0.1) is 0 Å². The van der Waals surface area contributed by atoms with Gasteiger partial charge in [-0.3, -0.25) is 9.79 Å². The highest BCUT2D eigenvalue weighted by Crippen LogP contribution is 2.20. The van der Waals surface area contributed by atoms with Crippen LogP contribution in [0.2, 0.25) is 0 Å². The van der Waals surface area contributed by atoms with Crippen molar-refractivity contribution in [1.29, 1.82) is 0 Å². The number of ether oxygens (including phenoxy) is 1. The quantitative estimate of drug-likeness (QED) is 0.491. The Morgan fingerprint density at radius 2 is 1.95 bits per heavy atom. The van der Waals surface area contributed by atoms with Crippen LogP contribution in [-0.2, 0) is 9.53 Å². The van der Waals surface area contributed by atoms with Crippen molar-refractivity contribution in [3.8, 4) is 0 Å². The van der Waals surface area contributed by atoms with E-state index in [0.29, 0.717) is 5.41 Å². The zero-order chi connectivity index (χ0) is 15.9. The van der Waals surface area contributed by atoms with Gasteiger partial charge in [0.1, 0.15) is 0 Å². The highest BCUT2D eigenvalue weighted by atomic mass is 16.5. The lowest BCUT2D eigenvalue weighted by Gasteiger charge is -2.33. The molecule has 5 heteroatoms. The van der Waals surface area contributed by atoms with Gasteiger partial charge in [-0.05, 0) is 31.6 Å². The molecule has 21 heavy (non-hydrogen) atoms. The minimum Gasteiger partial charge on any atom is -0.469 e. The minimum atomic E-state index is -0.0793. The van der Waals surface area contributed by atoms with E-state index in [4.69, 9.17) is 9.73 Å². The maximum absolute atomic E-state index is 11.6. The van der Waals surface area contributed by atoms with Gasteiger partial charge in [-0.25, -0.2) is 0 Å². The van der Waals surface area contributed by atoms with Crippen LogP contribution in [0.25, 0.3) is 0 Å². The molecule has 1 saturated heterocycles. The molecule has 1 heterocycles. The molecule has 5 nitrogen and oxygen atoms in total. The van der Waals surface area contributed by atoms with Crippen molar-refractivity contribution in [2.75, 3.05) is 33.3 Å². The Morgan fingerprint density at radius 3 is 2.43 bits per heavy atom. The van der Waals surface area contributed by atoms with Crippen LogP contribution in [0, 0.1) is 11.3 Å². The maximum atomic E-state index is 11.6. The first-order chi connectivity index (χ1) is 9.87. The summed E-state index contributed by atoms with van der Waals surface area (Å²) in [5.74, 6) is 0.943. The van der Waals surface area contributed by atoms with Crippen molar-refractivity contribution in [3.05, 3.63) is 0 Å². The number of nitrogens with one attached hydrogen (secondary N) is 1. The standard InChI is InChI=1S/C16H31N3O2/c1-6-17-15(18-10-9-16(2,3)4)19-11-7-13(8-12-19)14(20)21-5/h13H,6-12H2,1-5H3,(H,17,18). The Balaban J connectivity index is 2.54. The summed E-state index contributed by atoms with van der Waals surface area (Å²) in [7, 11) is 1.47. The van der Waals surface area contributed by atoms with E-state index >= 15 is 0 Å². The van der Waals surface area contributed by atoms with Crippen molar-refractivity contribution in [1.82, 2.24) is 10.2 Å². The molecular formula is C16H31N3O2.